The molecule has 0 fully saturated rings. The number of benzene rings is 7. The monoisotopic (exact) mass is 660 g/mol. The number of hydrogen-bond acceptors (Lipinski definition) is 3. The van der Waals surface area contributed by atoms with Crippen LogP contribution in [0.5, 0.6) is 0 Å². The molecule has 7 aromatic carbocycles. The summed E-state index contributed by atoms with van der Waals surface area (Å²) in [5.41, 5.74) is 12.8. The molecule has 50 heavy (non-hydrogen) atoms. The van der Waals surface area contributed by atoms with Gasteiger partial charge in [0.1, 0.15) is 6.17 Å². The number of rotatable bonds is 4. The Morgan fingerprint density at radius 2 is 1.26 bits per heavy atom. The van der Waals surface area contributed by atoms with Gasteiger partial charge in [-0.1, -0.05) is 141 Å². The Morgan fingerprint density at radius 1 is 0.560 bits per heavy atom. The van der Waals surface area contributed by atoms with E-state index in [-0.39, 0.29) is 17.6 Å². The summed E-state index contributed by atoms with van der Waals surface area (Å²) >= 11 is 1.89. The summed E-state index contributed by atoms with van der Waals surface area (Å²) in [7, 11) is 0. The van der Waals surface area contributed by atoms with Crippen molar-refractivity contribution >= 4 is 48.0 Å². The minimum absolute atomic E-state index is 0.000592. The Morgan fingerprint density at radius 3 is 2.14 bits per heavy atom. The quantitative estimate of drug-likeness (QED) is 0.196. The highest BCUT2D eigenvalue weighted by Crippen LogP contribution is 2.52. The Hall–Kier alpha value is -5.48. The molecule has 0 saturated heterocycles. The van der Waals surface area contributed by atoms with E-state index in [9.17, 15) is 0 Å². The lowest BCUT2D eigenvalue weighted by molar-refractivity contribution is 0.443. The number of thiophene rings is 1. The van der Waals surface area contributed by atoms with Gasteiger partial charge in [-0.05, 0) is 85.6 Å². The maximum Gasteiger partial charge on any atom is 0.104 e. The van der Waals surface area contributed by atoms with E-state index >= 15 is 0 Å². The van der Waals surface area contributed by atoms with Crippen LogP contribution in [0.3, 0.4) is 0 Å². The molecule has 2 unspecified atom stereocenters. The highest BCUT2D eigenvalue weighted by Gasteiger charge is 2.38. The van der Waals surface area contributed by atoms with Crippen molar-refractivity contribution in [2.24, 2.45) is 0 Å². The van der Waals surface area contributed by atoms with Crippen molar-refractivity contribution in [2.45, 2.75) is 31.5 Å². The molecular weight excluding hydrogens is 625 g/mol. The predicted molar refractivity (Wildman–Crippen MR) is 212 cm³/mol. The fourth-order valence-electron chi connectivity index (χ4n) is 8.40. The molecule has 240 valence electrons. The van der Waals surface area contributed by atoms with E-state index in [1.54, 1.807) is 0 Å². The van der Waals surface area contributed by atoms with Crippen LogP contribution in [-0.4, -0.2) is 0 Å². The third-order valence-electron chi connectivity index (χ3n) is 10.9. The maximum absolute atomic E-state index is 3.97. The minimum Gasteiger partial charge on any atom is -0.366 e. The van der Waals surface area contributed by atoms with Crippen LogP contribution in [0.2, 0.25) is 0 Å². The van der Waals surface area contributed by atoms with Gasteiger partial charge in [0.2, 0.25) is 0 Å². The van der Waals surface area contributed by atoms with Crippen molar-refractivity contribution in [1.82, 2.24) is 10.6 Å². The van der Waals surface area contributed by atoms with Crippen molar-refractivity contribution in [1.29, 1.82) is 0 Å². The van der Waals surface area contributed by atoms with Gasteiger partial charge in [0.15, 0.2) is 0 Å². The van der Waals surface area contributed by atoms with Crippen molar-refractivity contribution in [3.63, 3.8) is 0 Å². The molecule has 3 heteroatoms. The average Bonchev–Trinajstić information content (AvgIpc) is 3.66. The zero-order chi connectivity index (χ0) is 33.4. The van der Waals surface area contributed by atoms with E-state index in [1.165, 1.54) is 81.0 Å². The van der Waals surface area contributed by atoms with Gasteiger partial charge in [0.25, 0.3) is 0 Å². The van der Waals surface area contributed by atoms with Crippen molar-refractivity contribution < 1.29 is 0 Å². The molecule has 2 heterocycles. The summed E-state index contributed by atoms with van der Waals surface area (Å²) in [6.45, 7) is 4.75. The Labute approximate surface area is 296 Å². The predicted octanol–water partition coefficient (Wildman–Crippen LogP) is 12.2. The molecule has 1 aliphatic carbocycles. The van der Waals surface area contributed by atoms with Crippen LogP contribution >= 0.6 is 11.3 Å². The summed E-state index contributed by atoms with van der Waals surface area (Å²) in [5, 5.41) is 13.1. The van der Waals surface area contributed by atoms with E-state index in [4.69, 9.17) is 0 Å². The maximum atomic E-state index is 3.97. The first-order chi connectivity index (χ1) is 24.5. The van der Waals surface area contributed by atoms with Gasteiger partial charge in [-0.15, -0.1) is 11.3 Å². The average molecular weight is 661 g/mol. The van der Waals surface area contributed by atoms with E-state index in [0.29, 0.717) is 0 Å². The summed E-state index contributed by atoms with van der Waals surface area (Å²) < 4.78 is 2.67. The first-order valence-electron chi connectivity index (χ1n) is 17.5. The lowest BCUT2D eigenvalue weighted by atomic mass is 9.81. The van der Waals surface area contributed by atoms with Crippen molar-refractivity contribution in [3.05, 3.63) is 186 Å². The summed E-state index contributed by atoms with van der Waals surface area (Å²) in [6.07, 6.45) is 2.34. The minimum atomic E-state index is -0.0988. The second-order valence-corrected chi connectivity index (χ2v) is 15.3. The molecular formula is C47H36N2S. The Bertz CT molecular complexity index is 2650. The first kappa shape index (κ1) is 29.4. The molecule has 2 N–H and O–H groups in total. The van der Waals surface area contributed by atoms with Crippen LogP contribution in [0.25, 0.3) is 58.9 Å². The summed E-state index contributed by atoms with van der Waals surface area (Å²) in [4.78, 5) is 0. The van der Waals surface area contributed by atoms with Gasteiger partial charge in [-0.25, -0.2) is 0 Å². The van der Waals surface area contributed by atoms with Gasteiger partial charge in [-0.3, -0.25) is 5.32 Å². The SMILES string of the molecule is CC1(C)c2cc3ccccc3cc2-c2c(C3=CC(c4cccc(-c5cccc6c5sc5ccccc56)c4)NC(c4ccccc4)N3)cccc21. The largest absolute Gasteiger partial charge is 0.366 e. The van der Waals surface area contributed by atoms with E-state index < -0.39 is 0 Å². The highest BCUT2D eigenvalue weighted by atomic mass is 32.1. The molecule has 2 nitrogen and oxygen atoms in total. The van der Waals surface area contributed by atoms with Crippen LogP contribution in [0.15, 0.2) is 158 Å². The standard InChI is InChI=1S/C47H36N2S/c1-47(2)39-23-12-22-37(44(39)38-26-30-15-6-7-16-31(30)27-40(38)47)42-28-41(48-46(49-42)29-13-4-3-5-14-29)33-18-10-17-32(25-33)34-20-11-21-36-35-19-8-9-24-43(35)50-45(34)36/h3-28,41,46,48-49H,1-2H3. The van der Waals surface area contributed by atoms with Crippen molar-refractivity contribution in [3.8, 4) is 22.3 Å². The molecule has 1 aliphatic heterocycles. The second kappa shape index (κ2) is 11.3. The van der Waals surface area contributed by atoms with Gasteiger partial charge in [0.05, 0.1) is 6.04 Å². The third kappa shape index (κ3) is 4.58. The van der Waals surface area contributed by atoms with E-state index in [0.717, 1.165) is 5.70 Å². The zero-order valence-electron chi connectivity index (χ0n) is 28.1. The molecule has 8 aromatic rings. The van der Waals surface area contributed by atoms with Crippen LogP contribution < -0.4 is 10.6 Å². The van der Waals surface area contributed by atoms with Crippen LogP contribution in [-0.2, 0) is 5.41 Å². The molecule has 1 aromatic heterocycles. The fraction of sp³-hybridized carbons (Fsp3) is 0.106. The lowest BCUT2D eigenvalue weighted by Crippen LogP contribution is -2.39. The smallest absolute Gasteiger partial charge is 0.104 e. The van der Waals surface area contributed by atoms with E-state index in [2.05, 4.69) is 182 Å². The normalized spacial score (nSPS) is 17.8. The van der Waals surface area contributed by atoms with Gasteiger partial charge >= 0.3 is 0 Å². The second-order valence-electron chi connectivity index (χ2n) is 14.2. The lowest BCUT2D eigenvalue weighted by Gasteiger charge is -2.34. The Kier molecular flexibility index (Phi) is 6.64. The summed E-state index contributed by atoms with van der Waals surface area (Å²) in [6, 6.07) is 55.8. The topological polar surface area (TPSA) is 24.1 Å². The molecule has 0 bridgehead atoms. The molecule has 0 saturated carbocycles. The summed E-state index contributed by atoms with van der Waals surface area (Å²) in [5.74, 6) is 0. The van der Waals surface area contributed by atoms with Crippen LogP contribution in [0.1, 0.15) is 53.9 Å². The van der Waals surface area contributed by atoms with Gasteiger partial charge in [0, 0.05) is 36.8 Å². The molecule has 0 radical (unpaired) electrons. The highest BCUT2D eigenvalue weighted by molar-refractivity contribution is 7.26. The van der Waals surface area contributed by atoms with Crippen LogP contribution in [0, 0.1) is 0 Å². The first-order valence-corrected chi connectivity index (χ1v) is 18.3. The molecule has 0 spiro atoms. The molecule has 10 rings (SSSR count). The molecule has 2 atom stereocenters. The number of nitrogens with one attached hydrogen (secondary N) is 2. The fourth-order valence-corrected chi connectivity index (χ4v) is 9.63. The molecule has 0 amide bonds. The van der Waals surface area contributed by atoms with Crippen molar-refractivity contribution in [2.75, 3.05) is 0 Å². The Balaban J connectivity index is 1.13. The zero-order valence-corrected chi connectivity index (χ0v) is 28.9. The van der Waals surface area contributed by atoms with Gasteiger partial charge < -0.3 is 5.32 Å². The third-order valence-corrected chi connectivity index (χ3v) is 12.1. The molecule has 2 aliphatic rings. The number of fused-ring (bicyclic) bond motifs is 7. The van der Waals surface area contributed by atoms with E-state index in [1.807, 2.05) is 11.3 Å². The number of hydrogen-bond donors (Lipinski definition) is 2. The van der Waals surface area contributed by atoms with Crippen LogP contribution in [0.4, 0.5) is 0 Å². The van der Waals surface area contributed by atoms with Gasteiger partial charge in [-0.2, -0.15) is 0 Å².